The maximum absolute atomic E-state index is 9.23. The highest BCUT2D eigenvalue weighted by molar-refractivity contribution is 7.13. The number of hydrogen-bond acceptors (Lipinski definition) is 5. The Hall–Kier alpha value is -1.17. The summed E-state index contributed by atoms with van der Waals surface area (Å²) < 4.78 is 5.41. The zero-order valence-corrected chi connectivity index (χ0v) is 12.9. The molecule has 2 aromatic rings. The van der Waals surface area contributed by atoms with Crippen molar-refractivity contribution < 1.29 is 9.63 Å². The molecule has 0 aliphatic carbocycles. The zero-order chi connectivity index (χ0) is 14.4. The third kappa shape index (κ3) is 3.69. The van der Waals surface area contributed by atoms with E-state index in [4.69, 9.17) is 4.52 Å². The molecule has 0 amide bonds. The van der Waals surface area contributed by atoms with Crippen molar-refractivity contribution in [3.63, 3.8) is 0 Å². The van der Waals surface area contributed by atoms with Gasteiger partial charge in [-0.05, 0) is 24.3 Å². The van der Waals surface area contributed by atoms with Gasteiger partial charge in [-0.2, -0.15) is 0 Å². The highest BCUT2D eigenvalue weighted by Gasteiger charge is 2.17. The van der Waals surface area contributed by atoms with Gasteiger partial charge < -0.3 is 9.63 Å². The number of nitrogens with zero attached hydrogens (tertiary/aromatic N) is 2. The topological polar surface area (TPSA) is 49.5 Å². The first-order valence-corrected chi connectivity index (χ1v) is 8.00. The van der Waals surface area contributed by atoms with E-state index in [0.717, 1.165) is 35.7 Å². The lowest BCUT2D eigenvalue weighted by atomic mass is 10.1. The Morgan fingerprint density at radius 2 is 2.20 bits per heavy atom. The van der Waals surface area contributed by atoms with Gasteiger partial charge in [-0.1, -0.05) is 25.1 Å². The molecule has 5 heteroatoms. The predicted octanol–water partition coefficient (Wildman–Crippen LogP) is 3.39. The van der Waals surface area contributed by atoms with Gasteiger partial charge in [0.15, 0.2) is 5.76 Å². The van der Waals surface area contributed by atoms with Crippen molar-refractivity contribution in [3.05, 3.63) is 29.3 Å². The highest BCUT2D eigenvalue weighted by Crippen LogP contribution is 2.25. The van der Waals surface area contributed by atoms with Crippen LogP contribution >= 0.6 is 11.3 Å². The molecule has 0 aromatic carbocycles. The van der Waals surface area contributed by atoms with Gasteiger partial charge in [0.1, 0.15) is 0 Å². The summed E-state index contributed by atoms with van der Waals surface area (Å²) in [4.78, 5) is 3.37. The Morgan fingerprint density at radius 3 is 2.80 bits per heavy atom. The van der Waals surface area contributed by atoms with E-state index in [9.17, 15) is 5.11 Å². The molecule has 0 unspecified atom stereocenters. The average molecular weight is 294 g/mol. The summed E-state index contributed by atoms with van der Waals surface area (Å²) >= 11 is 1.65. The van der Waals surface area contributed by atoms with Crippen LogP contribution in [0, 0.1) is 0 Å². The van der Waals surface area contributed by atoms with Crippen molar-refractivity contribution in [1.29, 1.82) is 0 Å². The Labute approximate surface area is 124 Å². The number of aromatic nitrogens is 1. The average Bonchev–Trinajstić information content (AvgIpc) is 3.10. The first-order chi connectivity index (χ1) is 9.78. The van der Waals surface area contributed by atoms with Crippen LogP contribution in [-0.4, -0.2) is 34.4 Å². The molecular weight excluding hydrogens is 272 g/mol. The minimum Gasteiger partial charge on any atom is -0.395 e. The Balaban J connectivity index is 2.07. The standard InChI is InChI=1S/C15H22N2O2S/c1-3-13(4-2)17(7-8-18)11-12-10-14(19-16-12)15-6-5-9-20-15/h5-6,9-10,13,18H,3-4,7-8,11H2,1-2H3. The van der Waals surface area contributed by atoms with Gasteiger partial charge in [0, 0.05) is 25.2 Å². The molecule has 20 heavy (non-hydrogen) atoms. The maximum Gasteiger partial charge on any atom is 0.177 e. The molecule has 2 rings (SSSR count). The van der Waals surface area contributed by atoms with Gasteiger partial charge in [-0.15, -0.1) is 11.3 Å². The van der Waals surface area contributed by atoms with Gasteiger partial charge in [0.05, 0.1) is 17.2 Å². The molecule has 0 fully saturated rings. The van der Waals surface area contributed by atoms with E-state index in [-0.39, 0.29) is 6.61 Å². The van der Waals surface area contributed by atoms with Gasteiger partial charge in [-0.3, -0.25) is 4.90 Å². The largest absolute Gasteiger partial charge is 0.395 e. The molecule has 0 aliphatic rings. The van der Waals surface area contributed by atoms with Crippen LogP contribution < -0.4 is 0 Å². The fourth-order valence-electron chi connectivity index (χ4n) is 2.45. The Morgan fingerprint density at radius 1 is 1.40 bits per heavy atom. The first kappa shape index (κ1) is 15.2. The summed E-state index contributed by atoms with van der Waals surface area (Å²) in [6.45, 7) is 5.93. The predicted molar refractivity (Wildman–Crippen MR) is 81.7 cm³/mol. The molecule has 0 spiro atoms. The van der Waals surface area contributed by atoms with Crippen LogP contribution in [0.25, 0.3) is 10.6 Å². The highest BCUT2D eigenvalue weighted by atomic mass is 32.1. The number of aliphatic hydroxyl groups is 1. The summed E-state index contributed by atoms with van der Waals surface area (Å²) in [5, 5.41) is 15.4. The van der Waals surface area contributed by atoms with E-state index >= 15 is 0 Å². The zero-order valence-electron chi connectivity index (χ0n) is 12.1. The third-order valence-electron chi connectivity index (χ3n) is 3.53. The van der Waals surface area contributed by atoms with Crippen LogP contribution in [-0.2, 0) is 6.54 Å². The van der Waals surface area contributed by atoms with Crippen molar-refractivity contribution in [2.75, 3.05) is 13.2 Å². The van der Waals surface area contributed by atoms with Crippen molar-refractivity contribution in [2.24, 2.45) is 0 Å². The van der Waals surface area contributed by atoms with Crippen LogP contribution in [0.4, 0.5) is 0 Å². The summed E-state index contributed by atoms with van der Waals surface area (Å²) in [5.74, 6) is 0.823. The number of thiophene rings is 1. The van der Waals surface area contributed by atoms with Crippen molar-refractivity contribution >= 4 is 11.3 Å². The molecule has 0 radical (unpaired) electrons. The molecule has 0 atom stereocenters. The second kappa shape index (κ2) is 7.57. The molecule has 2 heterocycles. The van der Waals surface area contributed by atoms with Crippen molar-refractivity contribution in [2.45, 2.75) is 39.3 Å². The SMILES string of the molecule is CCC(CC)N(CCO)Cc1cc(-c2cccs2)on1. The van der Waals surface area contributed by atoms with E-state index in [1.165, 1.54) is 0 Å². The van der Waals surface area contributed by atoms with Crippen LogP contribution in [0.15, 0.2) is 28.1 Å². The fourth-order valence-corrected chi connectivity index (χ4v) is 3.13. The van der Waals surface area contributed by atoms with Crippen LogP contribution in [0.2, 0.25) is 0 Å². The van der Waals surface area contributed by atoms with E-state index < -0.39 is 0 Å². The van der Waals surface area contributed by atoms with Gasteiger partial charge in [0.2, 0.25) is 0 Å². The number of rotatable bonds is 8. The quantitative estimate of drug-likeness (QED) is 0.811. The number of aliphatic hydroxyl groups excluding tert-OH is 1. The minimum atomic E-state index is 0.173. The lowest BCUT2D eigenvalue weighted by Crippen LogP contribution is -2.36. The van der Waals surface area contributed by atoms with E-state index in [0.29, 0.717) is 12.6 Å². The monoisotopic (exact) mass is 294 g/mol. The third-order valence-corrected chi connectivity index (χ3v) is 4.42. The summed E-state index contributed by atoms with van der Waals surface area (Å²) in [6.07, 6.45) is 2.15. The summed E-state index contributed by atoms with van der Waals surface area (Å²) in [6, 6.07) is 6.51. The second-order valence-electron chi connectivity index (χ2n) is 4.82. The molecule has 2 aromatic heterocycles. The molecule has 1 N–H and O–H groups in total. The Kier molecular flexibility index (Phi) is 5.76. The minimum absolute atomic E-state index is 0.173. The molecule has 0 saturated heterocycles. The van der Waals surface area contributed by atoms with Gasteiger partial charge in [-0.25, -0.2) is 0 Å². The smallest absolute Gasteiger partial charge is 0.177 e. The van der Waals surface area contributed by atoms with Gasteiger partial charge in [0.25, 0.3) is 0 Å². The van der Waals surface area contributed by atoms with Crippen molar-refractivity contribution in [1.82, 2.24) is 10.1 Å². The summed E-state index contributed by atoms with van der Waals surface area (Å²) in [7, 11) is 0. The lowest BCUT2D eigenvalue weighted by Gasteiger charge is -2.28. The lowest BCUT2D eigenvalue weighted by molar-refractivity contribution is 0.133. The molecule has 0 aliphatic heterocycles. The summed E-state index contributed by atoms with van der Waals surface area (Å²) in [5.41, 5.74) is 0.925. The normalized spacial score (nSPS) is 11.7. The Bertz CT molecular complexity index is 492. The van der Waals surface area contributed by atoms with Crippen molar-refractivity contribution in [3.8, 4) is 10.6 Å². The molecule has 110 valence electrons. The first-order valence-electron chi connectivity index (χ1n) is 7.12. The second-order valence-corrected chi connectivity index (χ2v) is 5.77. The van der Waals surface area contributed by atoms with Crippen LogP contribution in [0.5, 0.6) is 0 Å². The molecule has 4 nitrogen and oxygen atoms in total. The van der Waals surface area contributed by atoms with Crippen LogP contribution in [0.3, 0.4) is 0 Å². The van der Waals surface area contributed by atoms with E-state index in [2.05, 4.69) is 23.9 Å². The fraction of sp³-hybridized carbons (Fsp3) is 0.533. The molecule has 0 bridgehead atoms. The van der Waals surface area contributed by atoms with Crippen LogP contribution in [0.1, 0.15) is 32.4 Å². The maximum atomic E-state index is 9.23. The number of hydrogen-bond donors (Lipinski definition) is 1. The van der Waals surface area contributed by atoms with E-state index in [1.807, 2.05) is 23.6 Å². The van der Waals surface area contributed by atoms with E-state index in [1.54, 1.807) is 11.3 Å². The molecular formula is C15H22N2O2S. The van der Waals surface area contributed by atoms with Gasteiger partial charge >= 0.3 is 0 Å². The molecule has 0 saturated carbocycles.